The Kier molecular flexibility index (Phi) is 6.30. The van der Waals surface area contributed by atoms with Crippen LogP contribution in [0.2, 0.25) is 0 Å². The molecular weight excluding hydrogens is 380 g/mol. The van der Waals surface area contributed by atoms with Gasteiger partial charge in [-0.15, -0.1) is 0 Å². The average Bonchev–Trinajstić information content (AvgIpc) is 3.28. The van der Waals surface area contributed by atoms with Crippen LogP contribution in [-0.4, -0.2) is 62.1 Å². The number of nitrogens with one attached hydrogen (secondary N) is 1. The number of anilines is 1. The minimum Gasteiger partial charge on any atom is -0.497 e. The van der Waals surface area contributed by atoms with Crippen LogP contribution in [0.3, 0.4) is 0 Å². The van der Waals surface area contributed by atoms with Crippen molar-refractivity contribution in [3.63, 3.8) is 0 Å². The zero-order valence-electron chi connectivity index (χ0n) is 17.5. The molecule has 0 aliphatic carbocycles. The molecule has 7 heteroatoms. The highest BCUT2D eigenvalue weighted by molar-refractivity contribution is 5.95. The number of ether oxygens (including phenoxy) is 2. The molecule has 1 aliphatic heterocycles. The number of aromatic nitrogens is 2. The van der Waals surface area contributed by atoms with Crippen LogP contribution in [0.5, 0.6) is 11.6 Å². The first-order chi connectivity index (χ1) is 14.7. The summed E-state index contributed by atoms with van der Waals surface area (Å²) in [6, 6.07) is 12.0. The summed E-state index contributed by atoms with van der Waals surface area (Å²) in [5.74, 6) is 1.69. The number of aliphatic hydroxyl groups excluding tert-OH is 1. The van der Waals surface area contributed by atoms with Gasteiger partial charge in [-0.1, -0.05) is 0 Å². The van der Waals surface area contributed by atoms with Crippen LogP contribution in [0.4, 0.5) is 5.69 Å². The second-order valence-electron chi connectivity index (χ2n) is 7.53. The number of pyridine rings is 2. The summed E-state index contributed by atoms with van der Waals surface area (Å²) in [6.07, 6.45) is 2.79. The van der Waals surface area contributed by atoms with Crippen LogP contribution in [0.15, 0.2) is 42.6 Å². The van der Waals surface area contributed by atoms with Gasteiger partial charge in [0.15, 0.2) is 0 Å². The summed E-state index contributed by atoms with van der Waals surface area (Å²) >= 11 is 0. The third-order valence-corrected chi connectivity index (χ3v) is 5.51. The van der Waals surface area contributed by atoms with E-state index in [1.807, 2.05) is 31.3 Å². The number of methoxy groups -OCH3 is 1. The van der Waals surface area contributed by atoms with Crippen LogP contribution in [0.1, 0.15) is 6.42 Å². The van der Waals surface area contributed by atoms with Crippen molar-refractivity contribution in [2.24, 2.45) is 5.92 Å². The maximum atomic E-state index is 9.57. The van der Waals surface area contributed by atoms with E-state index in [1.165, 1.54) is 0 Å². The Hall–Kier alpha value is -2.90. The number of benzene rings is 1. The highest BCUT2D eigenvalue weighted by Gasteiger charge is 2.24. The Morgan fingerprint density at radius 1 is 1.23 bits per heavy atom. The molecule has 3 aromatic rings. The first-order valence-electron chi connectivity index (χ1n) is 10.3. The molecule has 4 rings (SSSR count). The van der Waals surface area contributed by atoms with Crippen molar-refractivity contribution < 1.29 is 14.6 Å². The van der Waals surface area contributed by atoms with E-state index in [1.54, 1.807) is 13.3 Å². The van der Waals surface area contributed by atoms with Crippen LogP contribution in [-0.2, 0) is 0 Å². The Labute approximate surface area is 176 Å². The van der Waals surface area contributed by atoms with Crippen molar-refractivity contribution in [1.82, 2.24) is 15.3 Å². The first kappa shape index (κ1) is 20.4. The summed E-state index contributed by atoms with van der Waals surface area (Å²) in [5.41, 5.74) is 3.79. The highest BCUT2D eigenvalue weighted by Crippen LogP contribution is 2.35. The molecule has 2 aromatic heterocycles. The standard InChI is InChI=1S/C23H28N4O3/c1-24-8-10-30-23-6-3-17(13-25-23)20-12-22(27-9-7-16(14-27)15-28)19-5-4-18(29-2)11-21(19)26-20/h3-6,11-13,16,24,28H,7-10,14-15H2,1-2H3. The van der Waals surface area contributed by atoms with Gasteiger partial charge in [-0.2, -0.15) is 0 Å². The topological polar surface area (TPSA) is 79.7 Å². The van der Waals surface area contributed by atoms with E-state index in [9.17, 15) is 5.11 Å². The third kappa shape index (κ3) is 4.32. The van der Waals surface area contributed by atoms with E-state index in [0.717, 1.165) is 59.7 Å². The van der Waals surface area contributed by atoms with Gasteiger partial charge < -0.3 is 24.8 Å². The quantitative estimate of drug-likeness (QED) is 0.555. The number of likely N-dealkylation sites (N-methyl/N-ethyl adjacent to an activating group) is 1. The normalized spacial score (nSPS) is 16.2. The van der Waals surface area contributed by atoms with Gasteiger partial charge in [0.1, 0.15) is 12.4 Å². The Morgan fingerprint density at radius 2 is 2.13 bits per heavy atom. The lowest BCUT2D eigenvalue weighted by molar-refractivity contribution is 0.238. The predicted octanol–water partition coefficient (Wildman–Crippen LogP) is 2.72. The molecule has 1 aliphatic rings. The van der Waals surface area contributed by atoms with E-state index >= 15 is 0 Å². The van der Waals surface area contributed by atoms with Gasteiger partial charge >= 0.3 is 0 Å². The maximum Gasteiger partial charge on any atom is 0.213 e. The fourth-order valence-electron chi connectivity index (χ4n) is 3.80. The second-order valence-corrected chi connectivity index (χ2v) is 7.53. The summed E-state index contributed by atoms with van der Waals surface area (Å²) in [7, 11) is 3.55. The van der Waals surface area contributed by atoms with Crippen LogP contribution in [0.25, 0.3) is 22.2 Å². The highest BCUT2D eigenvalue weighted by atomic mass is 16.5. The van der Waals surface area contributed by atoms with E-state index in [-0.39, 0.29) is 6.61 Å². The summed E-state index contributed by atoms with van der Waals surface area (Å²) < 4.78 is 11.0. The second kappa shape index (κ2) is 9.28. The van der Waals surface area contributed by atoms with Crippen molar-refractivity contribution in [2.45, 2.75) is 6.42 Å². The molecule has 0 amide bonds. The van der Waals surface area contributed by atoms with Gasteiger partial charge in [0, 0.05) is 67.1 Å². The Balaban J connectivity index is 1.70. The molecule has 0 saturated carbocycles. The lowest BCUT2D eigenvalue weighted by Crippen LogP contribution is -2.21. The van der Waals surface area contributed by atoms with Gasteiger partial charge in [0.25, 0.3) is 0 Å². The molecule has 0 spiro atoms. The van der Waals surface area contributed by atoms with E-state index < -0.39 is 0 Å². The number of fused-ring (bicyclic) bond motifs is 1. The van der Waals surface area contributed by atoms with Crippen molar-refractivity contribution in [2.75, 3.05) is 51.9 Å². The molecule has 1 fully saturated rings. The Morgan fingerprint density at radius 3 is 2.83 bits per heavy atom. The van der Waals surface area contributed by atoms with E-state index in [0.29, 0.717) is 18.4 Å². The molecule has 0 bridgehead atoms. The minimum atomic E-state index is 0.221. The van der Waals surface area contributed by atoms with Crippen molar-refractivity contribution in [3.05, 3.63) is 42.6 Å². The lowest BCUT2D eigenvalue weighted by atomic mass is 10.1. The fourth-order valence-corrected chi connectivity index (χ4v) is 3.80. The minimum absolute atomic E-state index is 0.221. The number of nitrogens with zero attached hydrogens (tertiary/aromatic N) is 3. The monoisotopic (exact) mass is 408 g/mol. The van der Waals surface area contributed by atoms with Gasteiger partial charge in [-0.05, 0) is 37.7 Å². The number of aliphatic hydroxyl groups is 1. The molecule has 158 valence electrons. The zero-order chi connectivity index (χ0) is 20.9. The van der Waals surface area contributed by atoms with E-state index in [4.69, 9.17) is 14.5 Å². The summed E-state index contributed by atoms with van der Waals surface area (Å²) in [5, 5.41) is 13.7. The largest absolute Gasteiger partial charge is 0.497 e. The van der Waals surface area contributed by atoms with Crippen LogP contribution >= 0.6 is 0 Å². The molecule has 1 unspecified atom stereocenters. The zero-order valence-corrected chi connectivity index (χ0v) is 17.5. The van der Waals surface area contributed by atoms with Crippen molar-refractivity contribution >= 4 is 16.6 Å². The molecule has 2 N–H and O–H groups in total. The summed E-state index contributed by atoms with van der Waals surface area (Å²) in [6.45, 7) is 3.33. The molecule has 1 aromatic carbocycles. The predicted molar refractivity (Wildman–Crippen MR) is 118 cm³/mol. The van der Waals surface area contributed by atoms with Crippen molar-refractivity contribution in [1.29, 1.82) is 0 Å². The molecule has 3 heterocycles. The lowest BCUT2D eigenvalue weighted by Gasteiger charge is -2.22. The molecule has 0 radical (unpaired) electrons. The SMILES string of the molecule is CNCCOc1ccc(-c2cc(N3CCC(CO)C3)c3ccc(OC)cc3n2)cn1. The van der Waals surface area contributed by atoms with Gasteiger partial charge in [-0.3, -0.25) is 0 Å². The smallest absolute Gasteiger partial charge is 0.213 e. The van der Waals surface area contributed by atoms with Crippen LogP contribution < -0.4 is 19.7 Å². The average molecular weight is 409 g/mol. The van der Waals surface area contributed by atoms with Gasteiger partial charge in [0.05, 0.1) is 18.3 Å². The summed E-state index contributed by atoms with van der Waals surface area (Å²) in [4.78, 5) is 11.7. The molecule has 1 saturated heterocycles. The van der Waals surface area contributed by atoms with Crippen LogP contribution in [0, 0.1) is 5.92 Å². The fraction of sp³-hybridized carbons (Fsp3) is 0.391. The number of hydrogen-bond acceptors (Lipinski definition) is 7. The third-order valence-electron chi connectivity index (χ3n) is 5.51. The van der Waals surface area contributed by atoms with Gasteiger partial charge in [-0.25, -0.2) is 9.97 Å². The first-order valence-corrected chi connectivity index (χ1v) is 10.3. The van der Waals surface area contributed by atoms with Gasteiger partial charge in [0.2, 0.25) is 5.88 Å². The molecule has 1 atom stereocenters. The number of hydrogen-bond donors (Lipinski definition) is 2. The number of rotatable bonds is 8. The molecular formula is C23H28N4O3. The molecule has 30 heavy (non-hydrogen) atoms. The molecule has 7 nitrogen and oxygen atoms in total. The van der Waals surface area contributed by atoms with Crippen molar-refractivity contribution in [3.8, 4) is 22.9 Å². The Bertz CT molecular complexity index is 994. The van der Waals surface area contributed by atoms with E-state index in [2.05, 4.69) is 27.3 Å². The maximum absolute atomic E-state index is 9.57.